The first-order chi connectivity index (χ1) is 15.5. The molecule has 0 saturated heterocycles. The van der Waals surface area contributed by atoms with Crippen molar-refractivity contribution in [1.82, 2.24) is 25.7 Å². The number of H-pyrrole nitrogens is 1. The maximum absolute atomic E-state index is 13.2. The number of fused-ring (bicyclic) bond motifs is 2. The van der Waals surface area contributed by atoms with E-state index in [1.165, 1.54) is 11.3 Å². The van der Waals surface area contributed by atoms with E-state index >= 15 is 0 Å². The Balaban J connectivity index is 1.42. The number of nitrogens with zero attached hydrogens (tertiary/aromatic N) is 2. The molecule has 2 aromatic heterocycles. The third-order valence-electron chi connectivity index (χ3n) is 5.55. The zero-order valence-electron chi connectivity index (χ0n) is 17.8. The molecule has 1 atom stereocenters. The van der Waals surface area contributed by atoms with Crippen LogP contribution in [0.25, 0.3) is 10.9 Å². The highest BCUT2D eigenvalue weighted by Crippen LogP contribution is 2.28. The second kappa shape index (κ2) is 9.49. The van der Waals surface area contributed by atoms with Crippen molar-refractivity contribution < 1.29 is 14.4 Å². The van der Waals surface area contributed by atoms with Crippen LogP contribution in [-0.4, -0.2) is 58.5 Å². The van der Waals surface area contributed by atoms with Crippen LogP contribution in [0, 0.1) is 0 Å². The molecular weight excluding hydrogens is 428 g/mol. The highest BCUT2D eigenvalue weighted by atomic mass is 32.1. The quantitative estimate of drug-likeness (QED) is 0.428. The van der Waals surface area contributed by atoms with Crippen LogP contribution < -0.4 is 16.4 Å². The molecule has 1 aliphatic rings. The number of nitrogens with one attached hydrogen (secondary N) is 3. The molecule has 0 spiro atoms. The predicted octanol–water partition coefficient (Wildman–Crippen LogP) is 1.41. The van der Waals surface area contributed by atoms with Crippen LogP contribution in [0.2, 0.25) is 0 Å². The van der Waals surface area contributed by atoms with E-state index in [4.69, 9.17) is 5.73 Å². The lowest BCUT2D eigenvalue weighted by molar-refractivity contribution is -0.134. The van der Waals surface area contributed by atoms with E-state index in [0.717, 1.165) is 21.3 Å². The Kier molecular flexibility index (Phi) is 6.52. The molecule has 0 fully saturated rings. The molecular formula is C22H26N6O3S. The van der Waals surface area contributed by atoms with E-state index < -0.39 is 6.04 Å². The first kappa shape index (κ1) is 22.0. The van der Waals surface area contributed by atoms with Crippen molar-refractivity contribution in [3.8, 4) is 0 Å². The van der Waals surface area contributed by atoms with E-state index in [9.17, 15) is 14.4 Å². The smallest absolute Gasteiger partial charge is 0.261 e. The molecule has 9 nitrogen and oxygen atoms in total. The summed E-state index contributed by atoms with van der Waals surface area (Å²) in [5.41, 5.74) is 7.76. The summed E-state index contributed by atoms with van der Waals surface area (Å²) in [6.07, 6.45) is 2.83. The van der Waals surface area contributed by atoms with Crippen LogP contribution in [0.1, 0.15) is 43.8 Å². The van der Waals surface area contributed by atoms with Crippen LogP contribution in [0.4, 0.5) is 0 Å². The number of carbonyl (C=O) groups is 3. The number of rotatable bonds is 7. The van der Waals surface area contributed by atoms with Gasteiger partial charge in [0.2, 0.25) is 5.91 Å². The highest BCUT2D eigenvalue weighted by Gasteiger charge is 2.29. The topological polar surface area (TPSA) is 133 Å². The zero-order chi connectivity index (χ0) is 22.7. The maximum Gasteiger partial charge on any atom is 0.261 e. The van der Waals surface area contributed by atoms with Gasteiger partial charge in [0, 0.05) is 42.0 Å². The molecule has 0 bridgehead atoms. The SMILES string of the molecule is CC[C@@H](NC(=O)c1ccc2[nH]ncc2c1)C(=O)N1CCc2sc(C(=O)NCCN)cc2C1. The molecule has 1 aromatic carbocycles. The van der Waals surface area contributed by atoms with Gasteiger partial charge in [0.25, 0.3) is 11.8 Å². The Morgan fingerprint density at radius 3 is 2.91 bits per heavy atom. The summed E-state index contributed by atoms with van der Waals surface area (Å²) >= 11 is 1.46. The number of benzene rings is 1. The minimum absolute atomic E-state index is 0.115. The maximum atomic E-state index is 13.2. The first-order valence-corrected chi connectivity index (χ1v) is 11.4. The average Bonchev–Trinajstić information content (AvgIpc) is 3.46. The van der Waals surface area contributed by atoms with Crippen molar-refractivity contribution in [2.45, 2.75) is 32.4 Å². The lowest BCUT2D eigenvalue weighted by Crippen LogP contribution is -2.49. The van der Waals surface area contributed by atoms with Crippen molar-refractivity contribution in [2.75, 3.05) is 19.6 Å². The van der Waals surface area contributed by atoms with E-state index in [0.29, 0.717) is 49.5 Å². The second-order valence-corrected chi connectivity index (χ2v) is 8.86. The molecule has 0 saturated carbocycles. The van der Waals surface area contributed by atoms with Gasteiger partial charge >= 0.3 is 0 Å². The molecule has 0 unspecified atom stereocenters. The number of hydrogen-bond acceptors (Lipinski definition) is 6. The minimum Gasteiger partial charge on any atom is -0.350 e. The minimum atomic E-state index is -0.616. The fourth-order valence-corrected chi connectivity index (χ4v) is 4.87. The van der Waals surface area contributed by atoms with E-state index in [1.807, 2.05) is 13.0 Å². The lowest BCUT2D eigenvalue weighted by atomic mass is 10.1. The van der Waals surface area contributed by atoms with Gasteiger partial charge in [-0.05, 0) is 42.7 Å². The third kappa shape index (κ3) is 4.51. The number of aromatic amines is 1. The first-order valence-electron chi connectivity index (χ1n) is 10.6. The Morgan fingerprint density at radius 2 is 2.12 bits per heavy atom. The molecule has 3 heterocycles. The van der Waals surface area contributed by atoms with Crippen molar-refractivity contribution >= 4 is 40.0 Å². The number of carbonyl (C=O) groups excluding carboxylic acids is 3. The molecule has 0 radical (unpaired) electrons. The average molecular weight is 455 g/mol. The monoisotopic (exact) mass is 454 g/mol. The molecule has 0 aliphatic carbocycles. The van der Waals surface area contributed by atoms with Crippen molar-refractivity contribution in [1.29, 1.82) is 0 Å². The summed E-state index contributed by atoms with van der Waals surface area (Å²) in [5.74, 6) is -0.544. The van der Waals surface area contributed by atoms with Gasteiger partial charge in [0.05, 0.1) is 16.6 Å². The summed E-state index contributed by atoms with van der Waals surface area (Å²) in [6, 6.07) is 6.49. The van der Waals surface area contributed by atoms with Crippen LogP contribution in [-0.2, 0) is 17.8 Å². The molecule has 1 aliphatic heterocycles. The van der Waals surface area contributed by atoms with Crippen molar-refractivity contribution in [3.05, 3.63) is 51.3 Å². The van der Waals surface area contributed by atoms with Gasteiger partial charge in [-0.3, -0.25) is 19.5 Å². The number of thiophene rings is 1. The summed E-state index contributed by atoms with van der Waals surface area (Å²) < 4.78 is 0. The summed E-state index contributed by atoms with van der Waals surface area (Å²) in [7, 11) is 0. The molecule has 10 heteroatoms. The molecule has 168 valence electrons. The Hall–Kier alpha value is -3.24. The van der Waals surface area contributed by atoms with Crippen LogP contribution in [0.15, 0.2) is 30.5 Å². The molecule has 4 rings (SSSR count). The number of hydrogen-bond donors (Lipinski definition) is 4. The summed E-state index contributed by atoms with van der Waals surface area (Å²) in [4.78, 5) is 41.7. The fraction of sp³-hybridized carbons (Fsp3) is 0.364. The van der Waals surface area contributed by atoms with E-state index in [2.05, 4.69) is 20.8 Å². The number of nitrogens with two attached hydrogens (primary N) is 1. The number of amides is 3. The van der Waals surface area contributed by atoms with Crippen LogP contribution in [0.5, 0.6) is 0 Å². The molecule has 3 aromatic rings. The fourth-order valence-electron chi connectivity index (χ4n) is 3.79. The van der Waals surface area contributed by atoms with E-state index in [-0.39, 0.29) is 17.7 Å². The Bertz CT molecular complexity index is 1150. The highest BCUT2D eigenvalue weighted by molar-refractivity contribution is 7.14. The predicted molar refractivity (Wildman–Crippen MR) is 122 cm³/mol. The second-order valence-electron chi connectivity index (χ2n) is 7.72. The van der Waals surface area contributed by atoms with Gasteiger partial charge in [0.1, 0.15) is 6.04 Å². The van der Waals surface area contributed by atoms with Crippen LogP contribution in [0.3, 0.4) is 0 Å². The molecule has 5 N–H and O–H groups in total. The van der Waals surface area contributed by atoms with E-state index in [1.54, 1.807) is 29.3 Å². The zero-order valence-corrected chi connectivity index (χ0v) is 18.6. The van der Waals surface area contributed by atoms with Gasteiger partial charge in [-0.25, -0.2) is 0 Å². The number of aromatic nitrogens is 2. The Labute approximate surface area is 189 Å². The Morgan fingerprint density at radius 1 is 1.28 bits per heavy atom. The van der Waals surface area contributed by atoms with Crippen molar-refractivity contribution in [2.24, 2.45) is 5.73 Å². The van der Waals surface area contributed by atoms with Gasteiger partial charge in [0.15, 0.2) is 0 Å². The van der Waals surface area contributed by atoms with Gasteiger partial charge in [-0.15, -0.1) is 11.3 Å². The third-order valence-corrected chi connectivity index (χ3v) is 6.78. The summed E-state index contributed by atoms with van der Waals surface area (Å²) in [6.45, 7) is 3.68. The van der Waals surface area contributed by atoms with Gasteiger partial charge in [-0.1, -0.05) is 6.92 Å². The normalized spacial score (nSPS) is 14.1. The van der Waals surface area contributed by atoms with Crippen LogP contribution >= 0.6 is 11.3 Å². The summed E-state index contributed by atoms with van der Waals surface area (Å²) in [5, 5.41) is 13.3. The molecule has 32 heavy (non-hydrogen) atoms. The lowest BCUT2D eigenvalue weighted by Gasteiger charge is -2.30. The van der Waals surface area contributed by atoms with Gasteiger partial charge in [-0.2, -0.15) is 5.10 Å². The largest absolute Gasteiger partial charge is 0.350 e. The molecule has 3 amide bonds. The standard InChI is InChI=1S/C22H26N6O3S/c1-2-16(26-20(29)13-3-4-17-14(9-13)11-25-27-17)22(31)28-8-5-18-15(12-28)10-19(32-18)21(30)24-7-6-23/h3-4,9-11,16H,2,5-8,12,23H2,1H3,(H,24,30)(H,25,27)(H,26,29)/t16-/m1/s1. The van der Waals surface area contributed by atoms with Gasteiger partial charge < -0.3 is 21.3 Å². The van der Waals surface area contributed by atoms with Crippen molar-refractivity contribution in [3.63, 3.8) is 0 Å².